The van der Waals surface area contributed by atoms with Gasteiger partial charge in [0.2, 0.25) is 0 Å². The van der Waals surface area contributed by atoms with Crippen molar-refractivity contribution in [2.24, 2.45) is 0 Å². The number of aryl methyl sites for hydroxylation is 1. The largest absolute Gasteiger partial charge is 0.314 e. The summed E-state index contributed by atoms with van der Waals surface area (Å²) in [5.74, 6) is 0.476. The van der Waals surface area contributed by atoms with Gasteiger partial charge in [0.1, 0.15) is 0 Å². The molecule has 0 fully saturated rings. The maximum atomic E-state index is 4.91. The van der Waals surface area contributed by atoms with Crippen LogP contribution in [0.3, 0.4) is 0 Å². The number of nitrogens with zero attached hydrogens (tertiary/aromatic N) is 1. The summed E-state index contributed by atoms with van der Waals surface area (Å²) in [6.45, 7) is 9.84. The lowest BCUT2D eigenvalue weighted by Gasteiger charge is -2.24. The van der Waals surface area contributed by atoms with Gasteiger partial charge in [0.25, 0.3) is 0 Å². The van der Waals surface area contributed by atoms with Crippen molar-refractivity contribution in [1.82, 2.24) is 10.3 Å². The number of hydrogen-bond acceptors (Lipinski definition) is 2. The number of pyridine rings is 1. The van der Waals surface area contributed by atoms with Crippen LogP contribution in [-0.4, -0.2) is 17.6 Å². The monoisotopic (exact) mass is 256 g/mol. The maximum Gasteiger partial charge on any atom is 0.0705 e. The first-order chi connectivity index (χ1) is 9.17. The Kier molecular flexibility index (Phi) is 4.54. The Labute approximate surface area is 116 Å². The third-order valence-corrected chi connectivity index (χ3v) is 3.87. The number of benzene rings is 1. The Morgan fingerprint density at radius 2 is 1.95 bits per heavy atom. The second-order valence-corrected chi connectivity index (χ2v) is 5.24. The van der Waals surface area contributed by atoms with Crippen LogP contribution in [0.15, 0.2) is 30.3 Å². The molecule has 0 aliphatic rings. The highest BCUT2D eigenvalue weighted by Crippen LogP contribution is 2.27. The van der Waals surface area contributed by atoms with Crippen LogP contribution in [0.2, 0.25) is 0 Å². The van der Waals surface area contributed by atoms with E-state index in [9.17, 15) is 0 Å². The molecule has 0 aliphatic carbocycles. The van der Waals surface area contributed by atoms with Gasteiger partial charge in [-0.05, 0) is 44.5 Å². The number of fused-ring (bicyclic) bond motifs is 1. The summed E-state index contributed by atoms with van der Waals surface area (Å²) < 4.78 is 0. The summed E-state index contributed by atoms with van der Waals surface area (Å²) in [5, 5.41) is 4.76. The van der Waals surface area contributed by atoms with E-state index in [1.165, 1.54) is 16.6 Å². The Balaban J connectivity index is 2.44. The number of rotatable bonds is 5. The first-order valence-electron chi connectivity index (χ1n) is 7.27. The Bertz CT molecular complexity index is 548. The standard InChI is InChI=1S/C17H24N2/c1-5-15(13(4)18-6-2)17-12(3)11-14-9-7-8-10-16(14)19-17/h7-11,13,15,18H,5-6H2,1-4H3. The highest BCUT2D eigenvalue weighted by Gasteiger charge is 2.20. The number of aromatic nitrogens is 1. The van der Waals surface area contributed by atoms with E-state index in [1.54, 1.807) is 0 Å². The molecule has 0 aliphatic heterocycles. The average Bonchev–Trinajstić information content (AvgIpc) is 2.40. The Morgan fingerprint density at radius 1 is 1.21 bits per heavy atom. The van der Waals surface area contributed by atoms with Gasteiger partial charge in [-0.1, -0.05) is 32.0 Å². The zero-order valence-corrected chi connectivity index (χ0v) is 12.4. The summed E-state index contributed by atoms with van der Waals surface area (Å²) in [5.41, 5.74) is 3.65. The predicted octanol–water partition coefficient (Wildman–Crippen LogP) is 4.03. The molecular formula is C17H24N2. The lowest BCUT2D eigenvalue weighted by atomic mass is 9.90. The molecule has 2 heteroatoms. The van der Waals surface area contributed by atoms with E-state index >= 15 is 0 Å². The van der Waals surface area contributed by atoms with Crippen molar-refractivity contribution in [1.29, 1.82) is 0 Å². The number of likely N-dealkylation sites (N-methyl/N-ethyl adjacent to an activating group) is 1. The van der Waals surface area contributed by atoms with Crippen molar-refractivity contribution >= 4 is 10.9 Å². The minimum absolute atomic E-state index is 0.461. The summed E-state index contributed by atoms with van der Waals surface area (Å²) in [4.78, 5) is 4.91. The molecule has 1 N–H and O–H groups in total. The topological polar surface area (TPSA) is 24.9 Å². The van der Waals surface area contributed by atoms with Crippen LogP contribution < -0.4 is 5.32 Å². The van der Waals surface area contributed by atoms with Crippen LogP contribution in [0.1, 0.15) is 44.4 Å². The highest BCUT2D eigenvalue weighted by molar-refractivity contribution is 5.79. The molecule has 0 radical (unpaired) electrons. The second-order valence-electron chi connectivity index (χ2n) is 5.24. The van der Waals surface area contributed by atoms with Crippen LogP contribution in [0, 0.1) is 6.92 Å². The molecule has 19 heavy (non-hydrogen) atoms. The van der Waals surface area contributed by atoms with Gasteiger partial charge in [0, 0.05) is 23.0 Å². The summed E-state index contributed by atoms with van der Waals surface area (Å²) in [7, 11) is 0. The number of nitrogens with one attached hydrogen (secondary N) is 1. The average molecular weight is 256 g/mol. The minimum Gasteiger partial charge on any atom is -0.314 e. The third kappa shape index (κ3) is 2.95. The molecule has 2 aromatic rings. The van der Waals surface area contributed by atoms with Gasteiger partial charge in [-0.2, -0.15) is 0 Å². The van der Waals surface area contributed by atoms with E-state index in [1.807, 2.05) is 0 Å². The third-order valence-electron chi connectivity index (χ3n) is 3.87. The molecule has 2 rings (SSSR count). The molecule has 0 amide bonds. The van der Waals surface area contributed by atoms with Gasteiger partial charge in [0.05, 0.1) is 5.52 Å². The molecule has 1 aromatic carbocycles. The predicted molar refractivity (Wildman–Crippen MR) is 82.7 cm³/mol. The Morgan fingerprint density at radius 3 is 2.63 bits per heavy atom. The van der Waals surface area contributed by atoms with Gasteiger partial charge in [-0.3, -0.25) is 4.98 Å². The first-order valence-corrected chi connectivity index (χ1v) is 7.27. The van der Waals surface area contributed by atoms with Crippen molar-refractivity contribution in [2.45, 2.75) is 46.1 Å². The van der Waals surface area contributed by atoms with Crippen molar-refractivity contribution in [3.8, 4) is 0 Å². The fourth-order valence-corrected chi connectivity index (χ4v) is 2.86. The van der Waals surface area contributed by atoms with Gasteiger partial charge < -0.3 is 5.32 Å². The fraction of sp³-hybridized carbons (Fsp3) is 0.471. The van der Waals surface area contributed by atoms with Gasteiger partial charge in [-0.15, -0.1) is 0 Å². The molecule has 1 heterocycles. The Hall–Kier alpha value is -1.41. The normalized spacial score (nSPS) is 14.5. The van der Waals surface area contributed by atoms with Gasteiger partial charge in [-0.25, -0.2) is 0 Å². The van der Waals surface area contributed by atoms with E-state index in [0.29, 0.717) is 12.0 Å². The minimum atomic E-state index is 0.461. The smallest absolute Gasteiger partial charge is 0.0705 e. The molecule has 0 bridgehead atoms. The summed E-state index contributed by atoms with van der Waals surface area (Å²) >= 11 is 0. The second kappa shape index (κ2) is 6.16. The SMILES string of the molecule is CCNC(C)C(CC)c1nc2ccccc2cc1C. The van der Waals surface area contributed by atoms with Gasteiger partial charge in [0.15, 0.2) is 0 Å². The van der Waals surface area contributed by atoms with Crippen molar-refractivity contribution in [3.63, 3.8) is 0 Å². The molecule has 1 aromatic heterocycles. The highest BCUT2D eigenvalue weighted by atomic mass is 14.9. The molecule has 0 saturated heterocycles. The molecule has 2 nitrogen and oxygen atoms in total. The van der Waals surface area contributed by atoms with Crippen molar-refractivity contribution < 1.29 is 0 Å². The molecule has 2 atom stereocenters. The summed E-state index contributed by atoms with van der Waals surface area (Å²) in [6.07, 6.45) is 1.11. The number of hydrogen-bond donors (Lipinski definition) is 1. The van der Waals surface area contributed by atoms with E-state index < -0.39 is 0 Å². The fourth-order valence-electron chi connectivity index (χ4n) is 2.86. The lowest BCUT2D eigenvalue weighted by Crippen LogP contribution is -2.32. The van der Waals surface area contributed by atoms with E-state index in [2.05, 4.69) is 63.3 Å². The van der Waals surface area contributed by atoms with E-state index in [0.717, 1.165) is 18.5 Å². The van der Waals surface area contributed by atoms with Crippen LogP contribution >= 0.6 is 0 Å². The van der Waals surface area contributed by atoms with Crippen LogP contribution in [0.5, 0.6) is 0 Å². The zero-order chi connectivity index (χ0) is 13.8. The van der Waals surface area contributed by atoms with Crippen molar-refractivity contribution in [3.05, 3.63) is 41.6 Å². The molecule has 0 saturated carbocycles. The van der Waals surface area contributed by atoms with Crippen LogP contribution in [0.4, 0.5) is 0 Å². The van der Waals surface area contributed by atoms with E-state index in [-0.39, 0.29) is 0 Å². The maximum absolute atomic E-state index is 4.91. The zero-order valence-electron chi connectivity index (χ0n) is 12.4. The molecule has 102 valence electrons. The lowest BCUT2D eigenvalue weighted by molar-refractivity contribution is 0.452. The summed E-state index contributed by atoms with van der Waals surface area (Å²) in [6, 6.07) is 11.1. The first kappa shape index (κ1) is 14.0. The van der Waals surface area contributed by atoms with Crippen LogP contribution in [0.25, 0.3) is 10.9 Å². The van der Waals surface area contributed by atoms with Crippen molar-refractivity contribution in [2.75, 3.05) is 6.54 Å². The van der Waals surface area contributed by atoms with Crippen LogP contribution in [-0.2, 0) is 0 Å². The van der Waals surface area contributed by atoms with E-state index in [4.69, 9.17) is 4.98 Å². The molecule has 0 spiro atoms. The quantitative estimate of drug-likeness (QED) is 0.873. The van der Waals surface area contributed by atoms with Gasteiger partial charge >= 0.3 is 0 Å². The molecule has 2 unspecified atom stereocenters. The number of para-hydroxylation sites is 1. The molecular weight excluding hydrogens is 232 g/mol.